The molecule has 0 spiro atoms. The van der Waals surface area contributed by atoms with E-state index in [0.29, 0.717) is 11.3 Å². The maximum atomic E-state index is 12.0. The van der Waals surface area contributed by atoms with Crippen molar-refractivity contribution in [1.29, 1.82) is 0 Å². The lowest BCUT2D eigenvalue weighted by Crippen LogP contribution is -2.33. The van der Waals surface area contributed by atoms with Crippen molar-refractivity contribution < 1.29 is 22.7 Å². The van der Waals surface area contributed by atoms with Crippen LogP contribution in [0.2, 0.25) is 0 Å². The first kappa shape index (κ1) is 20.7. The number of hydrogen-bond acceptors (Lipinski definition) is 5. The molecule has 0 N–H and O–H groups in total. The first-order valence-corrected chi connectivity index (χ1v) is 10.2. The highest BCUT2D eigenvalue weighted by molar-refractivity contribution is 7.88. The van der Waals surface area contributed by atoms with E-state index >= 15 is 0 Å². The van der Waals surface area contributed by atoms with Gasteiger partial charge in [-0.2, -0.15) is 4.31 Å². The quantitative estimate of drug-likeness (QED) is 0.617. The number of methoxy groups -OCH3 is 1. The molecule has 2 rings (SSSR count). The van der Waals surface area contributed by atoms with Gasteiger partial charge in [0, 0.05) is 13.1 Å². The van der Waals surface area contributed by atoms with Crippen LogP contribution in [0.1, 0.15) is 15.9 Å². The number of nitrogens with zero attached hydrogens (tertiary/aromatic N) is 1. The van der Waals surface area contributed by atoms with Crippen LogP contribution >= 0.6 is 0 Å². The molecule has 0 fully saturated rings. The molecule has 27 heavy (non-hydrogen) atoms. The van der Waals surface area contributed by atoms with Gasteiger partial charge >= 0.3 is 5.97 Å². The third-order valence-electron chi connectivity index (χ3n) is 3.77. The number of benzene rings is 2. The number of carbonyl (C=O) groups is 1. The topological polar surface area (TPSA) is 72.9 Å². The lowest BCUT2D eigenvalue weighted by molar-refractivity contribution is 0.0600. The van der Waals surface area contributed by atoms with Gasteiger partial charge in [-0.05, 0) is 29.8 Å². The first-order chi connectivity index (χ1) is 12.9. The Morgan fingerprint density at radius 1 is 1.07 bits per heavy atom. The van der Waals surface area contributed by atoms with Crippen molar-refractivity contribution in [3.63, 3.8) is 0 Å². The van der Waals surface area contributed by atoms with Crippen molar-refractivity contribution in [3.05, 3.63) is 71.8 Å². The SMILES string of the molecule is COC(=O)c1ccc(OCCN(CC=Cc2ccccc2)S(C)(=O)=O)cc1. The summed E-state index contributed by atoms with van der Waals surface area (Å²) in [6.07, 6.45) is 4.86. The second-order valence-electron chi connectivity index (χ2n) is 5.80. The Bertz CT molecular complexity index is 861. The summed E-state index contributed by atoms with van der Waals surface area (Å²) < 4.78 is 35.5. The van der Waals surface area contributed by atoms with Gasteiger partial charge in [0.15, 0.2) is 0 Å². The second-order valence-corrected chi connectivity index (χ2v) is 7.78. The Morgan fingerprint density at radius 3 is 2.33 bits per heavy atom. The molecule has 6 nitrogen and oxygen atoms in total. The number of esters is 1. The summed E-state index contributed by atoms with van der Waals surface area (Å²) in [5.74, 6) is 0.130. The molecule has 0 aliphatic heterocycles. The van der Waals surface area contributed by atoms with Crippen LogP contribution in [-0.2, 0) is 14.8 Å². The van der Waals surface area contributed by atoms with E-state index in [4.69, 9.17) is 4.74 Å². The summed E-state index contributed by atoms with van der Waals surface area (Å²) in [5.41, 5.74) is 1.43. The number of sulfonamides is 1. The molecule has 0 bridgehead atoms. The summed E-state index contributed by atoms with van der Waals surface area (Å²) in [6.45, 7) is 0.679. The van der Waals surface area contributed by atoms with Crippen molar-refractivity contribution in [2.45, 2.75) is 0 Å². The van der Waals surface area contributed by atoms with Gasteiger partial charge < -0.3 is 9.47 Å². The van der Waals surface area contributed by atoms with Crippen LogP contribution in [0, 0.1) is 0 Å². The minimum Gasteiger partial charge on any atom is -0.492 e. The van der Waals surface area contributed by atoms with Crippen molar-refractivity contribution >= 4 is 22.1 Å². The molecule has 0 saturated heterocycles. The molecular weight excluding hydrogens is 366 g/mol. The van der Waals surface area contributed by atoms with Gasteiger partial charge in [-0.25, -0.2) is 13.2 Å². The van der Waals surface area contributed by atoms with E-state index in [-0.39, 0.29) is 19.7 Å². The van der Waals surface area contributed by atoms with Crippen molar-refractivity contribution in [1.82, 2.24) is 4.31 Å². The smallest absolute Gasteiger partial charge is 0.337 e. The lowest BCUT2D eigenvalue weighted by Gasteiger charge is -2.18. The van der Waals surface area contributed by atoms with Crippen LogP contribution < -0.4 is 4.74 Å². The van der Waals surface area contributed by atoms with Crippen molar-refractivity contribution in [2.24, 2.45) is 0 Å². The van der Waals surface area contributed by atoms with Gasteiger partial charge in [0.1, 0.15) is 12.4 Å². The highest BCUT2D eigenvalue weighted by Crippen LogP contribution is 2.13. The molecule has 0 radical (unpaired) electrons. The van der Waals surface area contributed by atoms with Crippen LogP contribution in [0.25, 0.3) is 6.08 Å². The average Bonchev–Trinajstić information content (AvgIpc) is 2.66. The molecule has 0 aliphatic carbocycles. The molecule has 2 aromatic rings. The summed E-state index contributed by atoms with van der Waals surface area (Å²) in [5, 5.41) is 0. The highest BCUT2D eigenvalue weighted by atomic mass is 32.2. The fraction of sp³-hybridized carbons (Fsp3) is 0.250. The zero-order valence-electron chi connectivity index (χ0n) is 15.4. The van der Waals surface area contributed by atoms with Crippen molar-refractivity contribution in [3.8, 4) is 5.75 Å². The number of ether oxygens (including phenoxy) is 2. The van der Waals surface area contributed by atoms with Crippen molar-refractivity contribution in [2.75, 3.05) is 33.1 Å². The maximum Gasteiger partial charge on any atom is 0.337 e. The normalized spacial score (nSPS) is 11.7. The van der Waals surface area contributed by atoms with Gasteiger partial charge in [0.2, 0.25) is 10.0 Å². The summed E-state index contributed by atoms with van der Waals surface area (Å²) >= 11 is 0. The average molecular weight is 389 g/mol. The summed E-state index contributed by atoms with van der Waals surface area (Å²) in [4.78, 5) is 11.4. The van der Waals surface area contributed by atoms with Crippen LogP contribution in [0.3, 0.4) is 0 Å². The van der Waals surface area contributed by atoms with Gasteiger partial charge in [0.25, 0.3) is 0 Å². The predicted molar refractivity (Wildman–Crippen MR) is 105 cm³/mol. The zero-order chi connectivity index (χ0) is 19.7. The zero-order valence-corrected chi connectivity index (χ0v) is 16.2. The number of rotatable bonds is 9. The molecule has 0 aliphatic rings. The van der Waals surface area contributed by atoms with Gasteiger partial charge in [-0.1, -0.05) is 42.5 Å². The number of hydrogen-bond donors (Lipinski definition) is 0. The molecule has 0 saturated carbocycles. The molecule has 0 heterocycles. The van der Waals surface area contributed by atoms with E-state index in [2.05, 4.69) is 4.74 Å². The van der Waals surface area contributed by atoms with E-state index in [0.717, 1.165) is 5.56 Å². The largest absolute Gasteiger partial charge is 0.492 e. The molecule has 144 valence electrons. The standard InChI is InChI=1S/C20H23NO5S/c1-25-20(22)18-10-12-19(13-11-18)26-16-15-21(27(2,23)24)14-6-9-17-7-4-3-5-8-17/h3-13H,14-16H2,1-2H3. The molecule has 0 atom stereocenters. The summed E-state index contributed by atoms with van der Waals surface area (Å²) in [6, 6.07) is 16.1. The molecule has 0 aromatic heterocycles. The van der Waals surface area contributed by atoms with E-state index in [9.17, 15) is 13.2 Å². The minimum absolute atomic E-state index is 0.198. The maximum absolute atomic E-state index is 12.0. The molecule has 0 unspecified atom stereocenters. The fourth-order valence-corrected chi connectivity index (χ4v) is 3.10. The predicted octanol–water partition coefficient (Wildman–Crippen LogP) is 2.83. The first-order valence-electron chi connectivity index (χ1n) is 8.38. The van der Waals surface area contributed by atoms with E-state index in [1.165, 1.54) is 17.7 Å². The lowest BCUT2D eigenvalue weighted by atomic mass is 10.2. The van der Waals surface area contributed by atoms with Crippen LogP contribution in [0.15, 0.2) is 60.7 Å². The van der Waals surface area contributed by atoms with E-state index in [1.54, 1.807) is 24.3 Å². The summed E-state index contributed by atoms with van der Waals surface area (Å²) in [7, 11) is -2.04. The Balaban J connectivity index is 1.89. The highest BCUT2D eigenvalue weighted by Gasteiger charge is 2.15. The number of carbonyl (C=O) groups excluding carboxylic acids is 1. The Kier molecular flexibility index (Phi) is 7.57. The Morgan fingerprint density at radius 2 is 1.74 bits per heavy atom. The van der Waals surface area contributed by atoms with Gasteiger partial charge in [-0.15, -0.1) is 0 Å². The molecule has 0 amide bonds. The third kappa shape index (κ3) is 6.88. The monoisotopic (exact) mass is 389 g/mol. The molecular formula is C20H23NO5S. The van der Waals surface area contributed by atoms with Gasteiger partial charge in [0.05, 0.1) is 18.9 Å². The van der Waals surface area contributed by atoms with E-state index in [1.807, 2.05) is 42.5 Å². The fourth-order valence-electron chi connectivity index (χ4n) is 2.33. The van der Waals surface area contributed by atoms with Crippen LogP contribution in [0.4, 0.5) is 0 Å². The van der Waals surface area contributed by atoms with Crippen LogP contribution in [0.5, 0.6) is 5.75 Å². The Hall–Kier alpha value is -2.64. The van der Waals surface area contributed by atoms with Gasteiger partial charge in [-0.3, -0.25) is 0 Å². The third-order valence-corrected chi connectivity index (χ3v) is 5.04. The second kappa shape index (κ2) is 9.89. The minimum atomic E-state index is -3.35. The Labute approximate surface area is 160 Å². The molecule has 2 aromatic carbocycles. The van der Waals surface area contributed by atoms with Crippen LogP contribution in [-0.4, -0.2) is 51.8 Å². The van der Waals surface area contributed by atoms with E-state index < -0.39 is 16.0 Å². The molecule has 7 heteroatoms.